The van der Waals surface area contributed by atoms with Gasteiger partial charge in [-0.15, -0.1) is 0 Å². The average Bonchev–Trinajstić information content (AvgIpc) is 2.56. The quantitative estimate of drug-likeness (QED) is 0.806. The van der Waals surface area contributed by atoms with E-state index < -0.39 is 12.2 Å². The van der Waals surface area contributed by atoms with Crippen LogP contribution < -0.4 is 10.5 Å². The van der Waals surface area contributed by atoms with Crippen LogP contribution in [-0.4, -0.2) is 12.7 Å². The van der Waals surface area contributed by atoms with Gasteiger partial charge in [-0.25, -0.2) is 4.79 Å². The first-order valence-electron chi connectivity index (χ1n) is 8.92. The van der Waals surface area contributed by atoms with Crippen molar-refractivity contribution in [3.63, 3.8) is 0 Å². The minimum atomic E-state index is -0.766. The highest BCUT2D eigenvalue weighted by molar-refractivity contribution is 5.69. The maximum absolute atomic E-state index is 11.3. The fourth-order valence-corrected chi connectivity index (χ4v) is 3.32. The molecule has 0 saturated carbocycles. The van der Waals surface area contributed by atoms with E-state index in [4.69, 9.17) is 15.2 Å². The maximum Gasteiger partial charge on any atom is 0.405 e. The molecule has 3 rings (SSSR count). The van der Waals surface area contributed by atoms with Crippen molar-refractivity contribution in [3.8, 4) is 16.9 Å². The third kappa shape index (κ3) is 3.55. The zero-order valence-electron chi connectivity index (χ0n) is 16.1. The van der Waals surface area contributed by atoms with Gasteiger partial charge in [-0.3, -0.25) is 0 Å². The Morgan fingerprint density at radius 3 is 2.50 bits per heavy atom. The first kappa shape index (κ1) is 18.3. The number of fused-ring (bicyclic) bond motifs is 1. The van der Waals surface area contributed by atoms with Crippen molar-refractivity contribution in [3.05, 3.63) is 53.6 Å². The van der Waals surface area contributed by atoms with Gasteiger partial charge in [0.05, 0.1) is 6.61 Å². The van der Waals surface area contributed by atoms with Gasteiger partial charge in [0.2, 0.25) is 0 Å². The van der Waals surface area contributed by atoms with Crippen LogP contribution in [-0.2, 0) is 10.2 Å². The summed E-state index contributed by atoms with van der Waals surface area (Å²) < 4.78 is 11.4. The summed E-state index contributed by atoms with van der Waals surface area (Å²) in [6.07, 6.45) is -1.18. The van der Waals surface area contributed by atoms with Gasteiger partial charge in [0, 0.05) is 11.0 Å². The topological polar surface area (TPSA) is 61.6 Å². The molecule has 0 aromatic heterocycles. The highest BCUT2D eigenvalue weighted by Gasteiger charge is 2.40. The molecule has 138 valence electrons. The fraction of sp³-hybridized carbons (Fsp3) is 0.409. The number of benzene rings is 2. The van der Waals surface area contributed by atoms with Crippen LogP contribution in [0.4, 0.5) is 4.79 Å². The molecule has 1 aliphatic heterocycles. The number of ether oxygens (including phenoxy) is 2. The minimum absolute atomic E-state index is 0.0885. The van der Waals surface area contributed by atoms with E-state index in [1.54, 1.807) is 0 Å². The van der Waals surface area contributed by atoms with E-state index >= 15 is 0 Å². The van der Waals surface area contributed by atoms with Crippen molar-refractivity contribution >= 4 is 6.09 Å². The molecular weight excluding hydrogens is 326 g/mol. The predicted molar refractivity (Wildman–Crippen MR) is 103 cm³/mol. The molecule has 0 bridgehead atoms. The molecule has 26 heavy (non-hydrogen) atoms. The highest BCUT2D eigenvalue weighted by atomic mass is 16.6. The molecule has 4 nitrogen and oxygen atoms in total. The lowest BCUT2D eigenvalue weighted by Gasteiger charge is -2.38. The molecule has 4 heteroatoms. The molecule has 2 N–H and O–H groups in total. The van der Waals surface area contributed by atoms with Crippen LogP contribution in [0.2, 0.25) is 0 Å². The largest absolute Gasteiger partial charge is 0.492 e. The predicted octanol–water partition coefficient (Wildman–Crippen LogP) is 5.21. The van der Waals surface area contributed by atoms with Crippen LogP contribution in [0.15, 0.2) is 42.5 Å². The molecule has 1 unspecified atom stereocenters. The van der Waals surface area contributed by atoms with Gasteiger partial charge < -0.3 is 15.2 Å². The summed E-state index contributed by atoms with van der Waals surface area (Å²) >= 11 is 0. The van der Waals surface area contributed by atoms with Crippen LogP contribution in [0.25, 0.3) is 11.1 Å². The summed E-state index contributed by atoms with van der Waals surface area (Å²) in [5.41, 5.74) is 9.38. The van der Waals surface area contributed by atoms with E-state index in [0.29, 0.717) is 6.61 Å². The summed E-state index contributed by atoms with van der Waals surface area (Å²) in [4.78, 5) is 11.3. The molecule has 0 spiro atoms. The number of hydrogen-bond donors (Lipinski definition) is 1. The van der Waals surface area contributed by atoms with Crippen LogP contribution in [0, 0.1) is 5.41 Å². The van der Waals surface area contributed by atoms with Crippen LogP contribution in [0.1, 0.15) is 51.8 Å². The zero-order valence-corrected chi connectivity index (χ0v) is 16.1. The van der Waals surface area contributed by atoms with Gasteiger partial charge in [-0.2, -0.15) is 0 Å². The van der Waals surface area contributed by atoms with E-state index in [1.807, 2.05) is 32.0 Å². The normalized spacial score (nSPS) is 18.6. The number of amides is 1. The van der Waals surface area contributed by atoms with Crippen molar-refractivity contribution in [2.75, 3.05) is 6.61 Å². The number of primary amides is 1. The van der Waals surface area contributed by atoms with Gasteiger partial charge >= 0.3 is 6.09 Å². The molecule has 1 atom stereocenters. The average molecular weight is 353 g/mol. The lowest BCUT2D eigenvalue weighted by molar-refractivity contribution is -0.0176. The Labute approximate surface area is 155 Å². The molecule has 1 aliphatic rings. The Bertz CT molecular complexity index is 834. The smallest absolute Gasteiger partial charge is 0.405 e. The fourth-order valence-electron chi connectivity index (χ4n) is 3.32. The number of carbonyl (C=O) groups is 1. The number of nitrogens with two attached hydrogens (primary N) is 1. The standard InChI is InChI=1S/C22H27NO3/c1-21(2,3)16-8-6-7-14(11-16)15-9-10-17-18(12-15)25-13-22(4,5)19(17)26-20(23)24/h6-12,19H,13H2,1-5H3,(H2,23,24). The third-order valence-electron chi connectivity index (χ3n) is 4.90. The van der Waals surface area contributed by atoms with Gasteiger partial charge in [0.25, 0.3) is 0 Å². The summed E-state index contributed by atoms with van der Waals surface area (Å²) in [5, 5.41) is 0. The Kier molecular flexibility index (Phi) is 4.47. The van der Waals surface area contributed by atoms with Gasteiger partial charge in [-0.05, 0) is 28.2 Å². The first-order chi connectivity index (χ1) is 12.1. The molecule has 0 saturated heterocycles. The highest BCUT2D eigenvalue weighted by Crippen LogP contribution is 2.46. The Morgan fingerprint density at radius 2 is 1.85 bits per heavy atom. The van der Waals surface area contributed by atoms with Crippen molar-refractivity contribution in [1.29, 1.82) is 0 Å². The first-order valence-corrected chi connectivity index (χ1v) is 8.92. The van der Waals surface area contributed by atoms with Crippen LogP contribution in [0.3, 0.4) is 0 Å². The van der Waals surface area contributed by atoms with Crippen molar-refractivity contribution in [1.82, 2.24) is 0 Å². The van der Waals surface area contributed by atoms with Crippen molar-refractivity contribution < 1.29 is 14.3 Å². The monoisotopic (exact) mass is 353 g/mol. The summed E-state index contributed by atoms with van der Waals surface area (Å²) in [6, 6.07) is 14.6. The van der Waals surface area contributed by atoms with E-state index in [-0.39, 0.29) is 10.8 Å². The Hall–Kier alpha value is -2.49. The summed E-state index contributed by atoms with van der Waals surface area (Å²) in [5.74, 6) is 0.745. The molecule has 0 aliphatic carbocycles. The van der Waals surface area contributed by atoms with Gasteiger partial charge in [0.1, 0.15) is 11.9 Å². The van der Waals surface area contributed by atoms with Crippen molar-refractivity contribution in [2.24, 2.45) is 11.1 Å². The lowest BCUT2D eigenvalue weighted by atomic mass is 9.80. The molecule has 1 amide bonds. The SMILES string of the molecule is CC(C)(C)c1cccc(-c2ccc3c(c2)OCC(C)(C)C3OC(N)=O)c1. The number of hydrogen-bond acceptors (Lipinski definition) is 3. The molecule has 1 heterocycles. The van der Waals surface area contributed by atoms with E-state index in [1.165, 1.54) is 5.56 Å². The third-order valence-corrected chi connectivity index (χ3v) is 4.90. The Morgan fingerprint density at radius 1 is 1.15 bits per heavy atom. The van der Waals surface area contributed by atoms with Crippen LogP contribution >= 0.6 is 0 Å². The summed E-state index contributed by atoms with van der Waals surface area (Å²) in [6.45, 7) is 11.1. The van der Waals surface area contributed by atoms with Gasteiger partial charge in [0.15, 0.2) is 0 Å². The van der Waals surface area contributed by atoms with Gasteiger partial charge in [-0.1, -0.05) is 71.0 Å². The van der Waals surface area contributed by atoms with Crippen LogP contribution in [0.5, 0.6) is 5.75 Å². The summed E-state index contributed by atoms with van der Waals surface area (Å²) in [7, 11) is 0. The second-order valence-electron chi connectivity index (χ2n) is 8.68. The number of carbonyl (C=O) groups excluding carboxylic acids is 1. The second-order valence-corrected chi connectivity index (χ2v) is 8.68. The van der Waals surface area contributed by atoms with E-state index in [9.17, 15) is 4.79 Å². The maximum atomic E-state index is 11.3. The molecule has 0 fully saturated rings. The molecule has 2 aromatic rings. The number of rotatable bonds is 2. The Balaban J connectivity index is 2.01. The molecule has 2 aromatic carbocycles. The lowest BCUT2D eigenvalue weighted by Crippen LogP contribution is -2.37. The molecular formula is C22H27NO3. The second kappa shape index (κ2) is 6.35. The van der Waals surface area contributed by atoms with Crippen molar-refractivity contribution in [2.45, 2.75) is 46.1 Å². The zero-order chi connectivity index (χ0) is 19.1. The minimum Gasteiger partial charge on any atom is -0.492 e. The molecule has 0 radical (unpaired) electrons. The van der Waals surface area contributed by atoms with E-state index in [2.05, 4.69) is 45.0 Å². The van der Waals surface area contributed by atoms with E-state index in [0.717, 1.165) is 22.4 Å².